The first-order valence-corrected chi connectivity index (χ1v) is 13.8. The average Bonchev–Trinajstić information content (AvgIpc) is 2.86. The zero-order chi connectivity index (χ0) is 23.1. The molecule has 1 aromatic heterocycles. The van der Waals surface area contributed by atoms with Crippen LogP contribution in [0.3, 0.4) is 0 Å². The van der Waals surface area contributed by atoms with E-state index in [0.29, 0.717) is 0 Å². The summed E-state index contributed by atoms with van der Waals surface area (Å²) in [6.07, 6.45) is 23.5. The lowest BCUT2D eigenvalue weighted by atomic mass is 9.78. The molecule has 0 unspecified atom stereocenters. The fourth-order valence-electron chi connectivity index (χ4n) is 5.39. The molecule has 1 aliphatic rings. The molecule has 3 rings (SSSR count). The number of rotatable bonds is 15. The molecule has 3 heteroatoms. The predicted octanol–water partition coefficient (Wildman–Crippen LogP) is 8.81. The van der Waals surface area contributed by atoms with E-state index in [4.69, 9.17) is 9.72 Å². The number of unbranched alkanes of at least 4 members (excludes halogenated alkanes) is 6. The maximum atomic E-state index is 6.24. The molecule has 0 spiro atoms. The molecule has 0 atom stereocenters. The van der Waals surface area contributed by atoms with E-state index in [1.807, 2.05) is 6.20 Å². The fraction of sp³-hybridized carbons (Fsp3) is 0.667. The molecule has 0 amide bonds. The van der Waals surface area contributed by atoms with Crippen molar-refractivity contribution in [3.63, 3.8) is 0 Å². The van der Waals surface area contributed by atoms with E-state index in [2.05, 4.69) is 43.1 Å². The van der Waals surface area contributed by atoms with Crippen molar-refractivity contribution in [1.29, 1.82) is 0 Å². The number of nitrogens with zero attached hydrogens (tertiary/aromatic N) is 2. The number of benzene rings is 1. The van der Waals surface area contributed by atoms with Crippen LogP contribution in [-0.4, -0.2) is 16.6 Å². The first kappa shape index (κ1) is 25.7. The Kier molecular flexibility index (Phi) is 11.8. The van der Waals surface area contributed by atoms with Gasteiger partial charge in [-0.15, -0.1) is 0 Å². The Labute approximate surface area is 202 Å². The third-order valence-corrected chi connectivity index (χ3v) is 7.42. The molecule has 2 aromatic rings. The van der Waals surface area contributed by atoms with Crippen LogP contribution in [0.25, 0.3) is 11.3 Å². The monoisotopic (exact) mass is 450 g/mol. The first-order valence-electron chi connectivity index (χ1n) is 13.8. The first-order chi connectivity index (χ1) is 16.3. The van der Waals surface area contributed by atoms with E-state index in [-0.39, 0.29) is 0 Å². The molecule has 0 saturated heterocycles. The average molecular weight is 451 g/mol. The van der Waals surface area contributed by atoms with Crippen LogP contribution in [0.2, 0.25) is 0 Å². The molecule has 3 nitrogen and oxygen atoms in total. The molecule has 0 N–H and O–H groups in total. The molecular weight excluding hydrogens is 404 g/mol. The second-order valence-electron chi connectivity index (χ2n) is 10.1. The summed E-state index contributed by atoms with van der Waals surface area (Å²) < 4.78 is 6.24. The van der Waals surface area contributed by atoms with E-state index in [0.717, 1.165) is 48.3 Å². The molecule has 0 radical (unpaired) electrons. The van der Waals surface area contributed by atoms with Crippen molar-refractivity contribution in [2.24, 2.45) is 11.8 Å². The summed E-state index contributed by atoms with van der Waals surface area (Å²) >= 11 is 0. The van der Waals surface area contributed by atoms with Gasteiger partial charge in [0.05, 0.1) is 12.3 Å². The molecule has 1 aromatic carbocycles. The molecular formula is C30H46N2O. The van der Waals surface area contributed by atoms with Gasteiger partial charge < -0.3 is 4.74 Å². The van der Waals surface area contributed by atoms with Crippen LogP contribution in [0, 0.1) is 11.8 Å². The van der Waals surface area contributed by atoms with Gasteiger partial charge >= 0.3 is 0 Å². The van der Waals surface area contributed by atoms with Crippen LogP contribution in [0.15, 0.2) is 36.8 Å². The summed E-state index contributed by atoms with van der Waals surface area (Å²) in [5.74, 6) is 2.79. The maximum Gasteiger partial charge on any atom is 0.128 e. The predicted molar refractivity (Wildman–Crippen MR) is 140 cm³/mol. The summed E-state index contributed by atoms with van der Waals surface area (Å²) in [6, 6.07) is 8.41. The van der Waals surface area contributed by atoms with Gasteiger partial charge in [0.15, 0.2) is 0 Å². The highest BCUT2D eigenvalue weighted by atomic mass is 16.5. The van der Waals surface area contributed by atoms with Gasteiger partial charge in [0.2, 0.25) is 0 Å². The molecule has 1 heterocycles. The van der Waals surface area contributed by atoms with E-state index < -0.39 is 0 Å². The summed E-state index contributed by atoms with van der Waals surface area (Å²) in [7, 11) is 0. The molecule has 0 bridgehead atoms. The number of hydrogen-bond donors (Lipinski definition) is 0. The second-order valence-corrected chi connectivity index (χ2v) is 10.1. The van der Waals surface area contributed by atoms with Gasteiger partial charge in [0.1, 0.15) is 12.1 Å². The minimum atomic E-state index is 0.784. The fourth-order valence-corrected chi connectivity index (χ4v) is 5.39. The summed E-state index contributed by atoms with van der Waals surface area (Å²) in [5.41, 5.74) is 3.43. The number of para-hydroxylation sites is 1. The Hall–Kier alpha value is -1.90. The molecule has 1 fully saturated rings. The Morgan fingerprint density at radius 3 is 2.27 bits per heavy atom. The van der Waals surface area contributed by atoms with E-state index in [1.54, 1.807) is 6.33 Å². The molecule has 0 aliphatic heterocycles. The van der Waals surface area contributed by atoms with Crippen molar-refractivity contribution in [2.45, 2.75) is 110 Å². The summed E-state index contributed by atoms with van der Waals surface area (Å²) in [6.45, 7) is 5.37. The number of hydrogen-bond acceptors (Lipinski definition) is 3. The summed E-state index contributed by atoms with van der Waals surface area (Å²) in [5, 5.41) is 0. The zero-order valence-corrected chi connectivity index (χ0v) is 21.2. The number of aryl methyl sites for hydroxylation is 1. The van der Waals surface area contributed by atoms with Crippen LogP contribution in [-0.2, 0) is 6.42 Å². The Balaban J connectivity index is 1.52. The highest BCUT2D eigenvalue weighted by molar-refractivity contribution is 5.69. The highest BCUT2D eigenvalue weighted by Crippen LogP contribution is 2.35. The standard InChI is InChI=1S/C30H46N2O/c1-3-5-6-7-8-9-12-22-33-29-15-11-10-14-28(29)30-27(23-31-24-32-30)21-20-26-18-16-25(13-4-2)17-19-26/h10-11,14-15,23-26H,3-9,12-13,16-22H2,1-2H3. The number of ether oxygens (including phenoxy) is 1. The van der Waals surface area contributed by atoms with Gasteiger partial charge in [-0.05, 0) is 48.8 Å². The van der Waals surface area contributed by atoms with Crippen LogP contribution in [0.1, 0.15) is 109 Å². The minimum absolute atomic E-state index is 0.784. The lowest BCUT2D eigenvalue weighted by Crippen LogP contribution is -2.15. The smallest absolute Gasteiger partial charge is 0.128 e. The van der Waals surface area contributed by atoms with Crippen LogP contribution < -0.4 is 4.74 Å². The van der Waals surface area contributed by atoms with Gasteiger partial charge in [0, 0.05) is 11.8 Å². The normalized spacial score (nSPS) is 18.4. The SMILES string of the molecule is CCCCCCCCCOc1ccccc1-c1ncncc1CCC1CCC(CCC)CC1. The Morgan fingerprint density at radius 2 is 1.52 bits per heavy atom. The maximum absolute atomic E-state index is 6.24. The van der Waals surface area contributed by atoms with Crippen LogP contribution in [0.4, 0.5) is 0 Å². The molecule has 1 aliphatic carbocycles. The van der Waals surface area contributed by atoms with Gasteiger partial charge in [-0.1, -0.05) is 103 Å². The van der Waals surface area contributed by atoms with Crippen molar-refractivity contribution in [3.8, 4) is 17.0 Å². The van der Waals surface area contributed by atoms with E-state index >= 15 is 0 Å². The third-order valence-electron chi connectivity index (χ3n) is 7.42. The van der Waals surface area contributed by atoms with Crippen LogP contribution >= 0.6 is 0 Å². The van der Waals surface area contributed by atoms with Crippen molar-refractivity contribution >= 4 is 0 Å². The summed E-state index contributed by atoms with van der Waals surface area (Å²) in [4.78, 5) is 9.07. The van der Waals surface area contributed by atoms with Crippen molar-refractivity contribution in [2.75, 3.05) is 6.61 Å². The molecule has 1 saturated carbocycles. The lowest BCUT2D eigenvalue weighted by Gasteiger charge is -2.28. The van der Waals surface area contributed by atoms with Crippen LogP contribution in [0.5, 0.6) is 5.75 Å². The van der Waals surface area contributed by atoms with Gasteiger partial charge in [-0.25, -0.2) is 9.97 Å². The quantitative estimate of drug-likeness (QED) is 0.254. The highest BCUT2D eigenvalue weighted by Gasteiger charge is 2.21. The van der Waals surface area contributed by atoms with Gasteiger partial charge in [-0.3, -0.25) is 0 Å². The Bertz CT molecular complexity index is 782. The number of aromatic nitrogens is 2. The lowest BCUT2D eigenvalue weighted by molar-refractivity contribution is 0.252. The third kappa shape index (κ3) is 8.76. The largest absolute Gasteiger partial charge is 0.493 e. The Morgan fingerprint density at radius 1 is 0.818 bits per heavy atom. The van der Waals surface area contributed by atoms with Crippen molar-refractivity contribution in [3.05, 3.63) is 42.4 Å². The van der Waals surface area contributed by atoms with E-state index in [9.17, 15) is 0 Å². The van der Waals surface area contributed by atoms with Gasteiger partial charge in [-0.2, -0.15) is 0 Å². The molecule has 33 heavy (non-hydrogen) atoms. The topological polar surface area (TPSA) is 35.0 Å². The van der Waals surface area contributed by atoms with E-state index in [1.165, 1.54) is 89.0 Å². The molecule has 182 valence electrons. The minimum Gasteiger partial charge on any atom is -0.493 e. The zero-order valence-electron chi connectivity index (χ0n) is 21.2. The second kappa shape index (κ2) is 15.1. The van der Waals surface area contributed by atoms with Gasteiger partial charge in [0.25, 0.3) is 0 Å². The van der Waals surface area contributed by atoms with Crippen molar-refractivity contribution < 1.29 is 4.74 Å². The van der Waals surface area contributed by atoms with Crippen molar-refractivity contribution in [1.82, 2.24) is 9.97 Å².